The summed E-state index contributed by atoms with van der Waals surface area (Å²) >= 11 is 0. The van der Waals surface area contributed by atoms with E-state index in [1.54, 1.807) is 11.9 Å². The van der Waals surface area contributed by atoms with Crippen LogP contribution in [0.1, 0.15) is 0 Å². The Morgan fingerprint density at radius 1 is 1.69 bits per heavy atom. The number of nitrogens with two attached hydrogens (primary N) is 1. The maximum Gasteiger partial charge on any atom is 0.317 e. The first-order chi connectivity index (χ1) is 6.27. The van der Waals surface area contributed by atoms with Crippen molar-refractivity contribution >= 4 is 6.03 Å². The van der Waals surface area contributed by atoms with Crippen LogP contribution in [0.4, 0.5) is 4.79 Å². The lowest BCUT2D eigenvalue weighted by Crippen LogP contribution is -2.54. The molecular weight excluding hydrogens is 170 g/mol. The molecule has 5 nitrogen and oxygen atoms in total. The van der Waals surface area contributed by atoms with Gasteiger partial charge in [-0.15, -0.1) is 0 Å². The van der Waals surface area contributed by atoms with Crippen molar-refractivity contribution in [2.45, 2.75) is 0 Å². The second kappa shape index (κ2) is 5.04. The Morgan fingerprint density at radius 3 is 2.92 bits per heavy atom. The number of urea groups is 1. The van der Waals surface area contributed by atoms with E-state index in [1.165, 1.54) is 0 Å². The predicted octanol–water partition coefficient (Wildman–Crippen LogP) is -0.767. The van der Waals surface area contributed by atoms with Gasteiger partial charge < -0.3 is 20.7 Å². The molecule has 0 bridgehead atoms. The largest absolute Gasteiger partial charge is 0.380 e. The summed E-state index contributed by atoms with van der Waals surface area (Å²) in [4.78, 5) is 12.8. The van der Waals surface area contributed by atoms with Crippen molar-refractivity contribution in [3.8, 4) is 0 Å². The van der Waals surface area contributed by atoms with Crippen molar-refractivity contribution in [3.05, 3.63) is 0 Å². The molecule has 76 valence electrons. The summed E-state index contributed by atoms with van der Waals surface area (Å²) in [5.74, 6) is 0.490. The van der Waals surface area contributed by atoms with Gasteiger partial charge in [-0.25, -0.2) is 4.79 Å². The number of ether oxygens (including phenoxy) is 1. The number of amides is 2. The minimum Gasteiger partial charge on any atom is -0.380 e. The molecule has 1 rings (SSSR count). The zero-order valence-corrected chi connectivity index (χ0v) is 7.95. The average molecular weight is 187 g/mol. The predicted molar refractivity (Wildman–Crippen MR) is 49.4 cm³/mol. The van der Waals surface area contributed by atoms with Crippen LogP contribution in [-0.2, 0) is 4.74 Å². The van der Waals surface area contributed by atoms with Gasteiger partial charge >= 0.3 is 6.03 Å². The molecule has 0 aromatic carbocycles. The maximum atomic E-state index is 11.0. The van der Waals surface area contributed by atoms with Gasteiger partial charge in [0.05, 0.1) is 13.2 Å². The number of hydrogen-bond donors (Lipinski definition) is 2. The highest BCUT2D eigenvalue weighted by molar-refractivity contribution is 5.74. The topological polar surface area (TPSA) is 67.6 Å². The SMILES string of the molecule is CNC(=O)N1CC(COCCN)C1. The molecule has 0 atom stereocenters. The summed E-state index contributed by atoms with van der Waals surface area (Å²) in [6, 6.07) is -0.00456. The summed E-state index contributed by atoms with van der Waals surface area (Å²) in [6.45, 7) is 3.47. The van der Waals surface area contributed by atoms with E-state index in [0.29, 0.717) is 25.7 Å². The number of rotatable bonds is 4. The molecule has 3 N–H and O–H groups in total. The van der Waals surface area contributed by atoms with Gasteiger partial charge in [0.15, 0.2) is 0 Å². The Kier molecular flexibility index (Phi) is 3.98. The Hall–Kier alpha value is -0.810. The van der Waals surface area contributed by atoms with Crippen molar-refractivity contribution in [1.29, 1.82) is 0 Å². The van der Waals surface area contributed by atoms with Crippen molar-refractivity contribution in [3.63, 3.8) is 0 Å². The van der Waals surface area contributed by atoms with E-state index in [2.05, 4.69) is 5.32 Å². The molecule has 13 heavy (non-hydrogen) atoms. The molecule has 0 aromatic rings. The van der Waals surface area contributed by atoms with Crippen LogP contribution in [0.3, 0.4) is 0 Å². The van der Waals surface area contributed by atoms with Crippen molar-refractivity contribution in [2.24, 2.45) is 11.7 Å². The second-order valence-corrected chi connectivity index (χ2v) is 3.19. The van der Waals surface area contributed by atoms with Crippen LogP contribution in [0.2, 0.25) is 0 Å². The first-order valence-electron chi connectivity index (χ1n) is 4.52. The van der Waals surface area contributed by atoms with Gasteiger partial charge in [0.25, 0.3) is 0 Å². The summed E-state index contributed by atoms with van der Waals surface area (Å²) in [7, 11) is 1.64. The number of carbonyl (C=O) groups is 1. The molecular formula is C8H17N3O2. The van der Waals surface area contributed by atoms with E-state index in [-0.39, 0.29) is 6.03 Å². The molecule has 1 heterocycles. The molecule has 0 radical (unpaired) electrons. The van der Waals surface area contributed by atoms with Gasteiger partial charge in [-0.1, -0.05) is 0 Å². The van der Waals surface area contributed by atoms with E-state index < -0.39 is 0 Å². The van der Waals surface area contributed by atoms with E-state index in [0.717, 1.165) is 13.1 Å². The molecule has 2 amide bonds. The van der Waals surface area contributed by atoms with Gasteiger partial charge in [0.1, 0.15) is 0 Å². The number of carbonyl (C=O) groups excluding carboxylic acids is 1. The number of nitrogens with one attached hydrogen (secondary N) is 1. The van der Waals surface area contributed by atoms with Crippen LogP contribution in [0, 0.1) is 5.92 Å². The molecule has 1 aliphatic rings. The van der Waals surface area contributed by atoms with E-state index in [1.807, 2.05) is 0 Å². The van der Waals surface area contributed by atoms with E-state index >= 15 is 0 Å². The quantitative estimate of drug-likeness (QED) is 0.568. The summed E-state index contributed by atoms with van der Waals surface area (Å²) < 4.78 is 5.27. The molecule has 1 fully saturated rings. The minimum absolute atomic E-state index is 0.00456. The zero-order chi connectivity index (χ0) is 9.68. The zero-order valence-electron chi connectivity index (χ0n) is 7.95. The van der Waals surface area contributed by atoms with Gasteiger partial charge in [0, 0.05) is 32.6 Å². The van der Waals surface area contributed by atoms with E-state index in [4.69, 9.17) is 10.5 Å². The Balaban J connectivity index is 2.01. The average Bonchev–Trinajstić information content (AvgIpc) is 2.08. The van der Waals surface area contributed by atoms with Crippen LogP contribution in [0.5, 0.6) is 0 Å². The minimum atomic E-state index is -0.00456. The number of nitrogens with zero attached hydrogens (tertiary/aromatic N) is 1. The summed E-state index contributed by atoms with van der Waals surface area (Å²) in [5, 5.41) is 2.58. The number of hydrogen-bond acceptors (Lipinski definition) is 3. The fraction of sp³-hybridized carbons (Fsp3) is 0.875. The fourth-order valence-corrected chi connectivity index (χ4v) is 1.33. The molecule has 0 saturated carbocycles. The summed E-state index contributed by atoms with van der Waals surface area (Å²) in [6.07, 6.45) is 0. The van der Waals surface area contributed by atoms with Crippen LogP contribution in [0.25, 0.3) is 0 Å². The lowest BCUT2D eigenvalue weighted by atomic mass is 10.0. The van der Waals surface area contributed by atoms with Crippen LogP contribution in [0.15, 0.2) is 0 Å². The van der Waals surface area contributed by atoms with E-state index in [9.17, 15) is 4.79 Å². The summed E-state index contributed by atoms with van der Waals surface area (Å²) in [5.41, 5.74) is 5.27. The first-order valence-corrected chi connectivity index (χ1v) is 4.52. The van der Waals surface area contributed by atoms with Crippen LogP contribution in [-0.4, -0.2) is 50.8 Å². The lowest BCUT2D eigenvalue weighted by Gasteiger charge is -2.38. The first kappa shape index (κ1) is 10.3. The molecule has 1 saturated heterocycles. The monoisotopic (exact) mass is 187 g/mol. The van der Waals surface area contributed by atoms with Crippen molar-refractivity contribution < 1.29 is 9.53 Å². The van der Waals surface area contributed by atoms with Gasteiger partial charge in [-0.2, -0.15) is 0 Å². The van der Waals surface area contributed by atoms with Gasteiger partial charge in [-0.3, -0.25) is 0 Å². The molecule has 1 aliphatic heterocycles. The molecule has 5 heteroatoms. The highest BCUT2D eigenvalue weighted by Gasteiger charge is 2.29. The normalized spacial score (nSPS) is 16.9. The third-order valence-electron chi connectivity index (χ3n) is 2.07. The Bertz CT molecular complexity index is 169. The van der Waals surface area contributed by atoms with Gasteiger partial charge in [0.2, 0.25) is 0 Å². The lowest BCUT2D eigenvalue weighted by molar-refractivity contribution is 0.0360. The Labute approximate surface area is 78.2 Å². The number of likely N-dealkylation sites (tertiary alicyclic amines) is 1. The standard InChI is InChI=1S/C8H17N3O2/c1-10-8(12)11-4-7(5-11)6-13-3-2-9/h7H,2-6,9H2,1H3,(H,10,12). The van der Waals surface area contributed by atoms with Crippen molar-refractivity contribution in [2.75, 3.05) is 39.9 Å². The van der Waals surface area contributed by atoms with Crippen LogP contribution < -0.4 is 11.1 Å². The molecule has 0 spiro atoms. The third kappa shape index (κ3) is 2.86. The van der Waals surface area contributed by atoms with Crippen molar-refractivity contribution in [1.82, 2.24) is 10.2 Å². The Morgan fingerprint density at radius 2 is 2.38 bits per heavy atom. The highest BCUT2D eigenvalue weighted by atomic mass is 16.5. The fourth-order valence-electron chi connectivity index (χ4n) is 1.33. The highest BCUT2D eigenvalue weighted by Crippen LogP contribution is 2.15. The van der Waals surface area contributed by atoms with Gasteiger partial charge in [-0.05, 0) is 0 Å². The molecule has 0 aliphatic carbocycles. The van der Waals surface area contributed by atoms with Crippen LogP contribution >= 0.6 is 0 Å². The third-order valence-corrected chi connectivity index (χ3v) is 2.07. The molecule has 0 aromatic heterocycles. The smallest absolute Gasteiger partial charge is 0.317 e. The maximum absolute atomic E-state index is 11.0. The second-order valence-electron chi connectivity index (χ2n) is 3.19. The molecule has 0 unspecified atom stereocenters.